The Morgan fingerprint density at radius 3 is 2.53 bits per heavy atom. The Labute approximate surface area is 105 Å². The molecule has 17 heavy (non-hydrogen) atoms. The smallest absolute Gasteiger partial charge is 0.243 e. The molecular formula is C11H18N2O3S. The molecule has 6 heteroatoms. The van der Waals surface area contributed by atoms with Gasteiger partial charge >= 0.3 is 0 Å². The van der Waals surface area contributed by atoms with Gasteiger partial charge in [0.25, 0.3) is 0 Å². The highest BCUT2D eigenvalue weighted by Crippen LogP contribution is 2.26. The monoisotopic (exact) mass is 258 g/mol. The molecule has 2 amide bonds. The van der Waals surface area contributed by atoms with E-state index in [1.807, 2.05) is 0 Å². The maximum absolute atomic E-state index is 11.9. The zero-order valence-electron chi connectivity index (χ0n) is 10.3. The Bertz CT molecular complexity index is 338. The number of carbonyl (C=O) groups is 3. The van der Waals surface area contributed by atoms with E-state index in [4.69, 9.17) is 5.73 Å². The highest BCUT2D eigenvalue weighted by atomic mass is 32.2. The first-order valence-corrected chi connectivity index (χ1v) is 6.72. The molecule has 0 aromatic rings. The summed E-state index contributed by atoms with van der Waals surface area (Å²) < 4.78 is 0. The van der Waals surface area contributed by atoms with E-state index >= 15 is 0 Å². The van der Waals surface area contributed by atoms with Gasteiger partial charge in [0.1, 0.15) is 6.29 Å². The van der Waals surface area contributed by atoms with E-state index in [0.29, 0.717) is 6.29 Å². The van der Waals surface area contributed by atoms with Gasteiger partial charge in [0.2, 0.25) is 11.8 Å². The van der Waals surface area contributed by atoms with Crippen LogP contribution in [0.1, 0.15) is 26.7 Å². The first-order chi connectivity index (χ1) is 7.80. The van der Waals surface area contributed by atoms with Crippen LogP contribution in [-0.4, -0.2) is 46.1 Å². The van der Waals surface area contributed by atoms with Gasteiger partial charge in [0.15, 0.2) is 0 Å². The molecule has 0 aromatic carbocycles. The third-order valence-electron chi connectivity index (χ3n) is 2.65. The molecule has 1 aliphatic rings. The zero-order chi connectivity index (χ0) is 13.2. The Morgan fingerprint density at radius 1 is 1.59 bits per heavy atom. The number of hydrogen-bond acceptors (Lipinski definition) is 5. The first-order valence-electron chi connectivity index (χ1n) is 5.43. The van der Waals surface area contributed by atoms with Crippen molar-refractivity contribution >= 4 is 29.9 Å². The maximum Gasteiger partial charge on any atom is 0.243 e. The fraction of sp³-hybridized carbons (Fsp3) is 0.727. The summed E-state index contributed by atoms with van der Waals surface area (Å²) in [7, 11) is 0. The van der Waals surface area contributed by atoms with Crippen LogP contribution in [-0.2, 0) is 14.4 Å². The van der Waals surface area contributed by atoms with Crippen molar-refractivity contribution in [3.05, 3.63) is 0 Å². The predicted octanol–water partition coefficient (Wildman–Crippen LogP) is 0.172. The minimum absolute atomic E-state index is 0.176. The van der Waals surface area contributed by atoms with Gasteiger partial charge in [-0.2, -0.15) is 11.8 Å². The van der Waals surface area contributed by atoms with Gasteiger partial charge in [0.05, 0.1) is 11.3 Å². The summed E-state index contributed by atoms with van der Waals surface area (Å²) in [5.74, 6) is -0.556. The molecule has 0 aliphatic carbocycles. The average molecular weight is 258 g/mol. The largest absolute Gasteiger partial charge is 0.325 e. The minimum Gasteiger partial charge on any atom is -0.325 e. The molecule has 1 rings (SSSR count). The third-order valence-corrected chi connectivity index (χ3v) is 3.59. The van der Waals surface area contributed by atoms with Crippen molar-refractivity contribution in [2.75, 3.05) is 6.26 Å². The van der Waals surface area contributed by atoms with E-state index < -0.39 is 11.6 Å². The van der Waals surface area contributed by atoms with Crippen LogP contribution >= 0.6 is 11.8 Å². The Hall–Kier alpha value is -0.880. The van der Waals surface area contributed by atoms with Crippen molar-refractivity contribution in [1.82, 2.24) is 4.90 Å². The van der Waals surface area contributed by atoms with Gasteiger partial charge in [-0.15, -0.1) is 0 Å². The van der Waals surface area contributed by atoms with Crippen LogP contribution in [0.25, 0.3) is 0 Å². The van der Waals surface area contributed by atoms with E-state index in [2.05, 4.69) is 0 Å². The second-order valence-electron chi connectivity index (χ2n) is 4.93. The molecule has 1 fully saturated rings. The summed E-state index contributed by atoms with van der Waals surface area (Å²) in [4.78, 5) is 35.8. The molecule has 1 saturated heterocycles. The van der Waals surface area contributed by atoms with E-state index in [-0.39, 0.29) is 29.9 Å². The molecule has 0 bridgehead atoms. The van der Waals surface area contributed by atoms with Crippen molar-refractivity contribution < 1.29 is 14.4 Å². The van der Waals surface area contributed by atoms with Gasteiger partial charge in [-0.3, -0.25) is 14.5 Å². The fourth-order valence-corrected chi connectivity index (χ4v) is 2.52. The molecule has 0 saturated carbocycles. The lowest BCUT2D eigenvalue weighted by molar-refractivity contribution is -0.143. The molecule has 0 radical (unpaired) electrons. The molecule has 1 heterocycles. The number of rotatable bonds is 5. The molecule has 2 atom stereocenters. The van der Waals surface area contributed by atoms with E-state index in [1.54, 1.807) is 20.1 Å². The van der Waals surface area contributed by atoms with Crippen LogP contribution in [0.5, 0.6) is 0 Å². The summed E-state index contributed by atoms with van der Waals surface area (Å²) >= 11 is 1.33. The van der Waals surface area contributed by atoms with Crippen LogP contribution in [0.2, 0.25) is 0 Å². The van der Waals surface area contributed by atoms with Crippen molar-refractivity contribution in [2.45, 2.75) is 43.5 Å². The number of hydrogen-bond donors (Lipinski definition) is 1. The summed E-state index contributed by atoms with van der Waals surface area (Å²) in [6.45, 7) is 3.53. The molecule has 5 nitrogen and oxygen atoms in total. The number of aldehydes is 1. The fourth-order valence-electron chi connectivity index (χ4n) is 1.89. The molecular weight excluding hydrogens is 240 g/mol. The normalized spacial score (nSPS) is 23.1. The van der Waals surface area contributed by atoms with Gasteiger partial charge in [-0.05, 0) is 26.5 Å². The summed E-state index contributed by atoms with van der Waals surface area (Å²) in [5.41, 5.74) is 5.23. The first kappa shape index (κ1) is 14.2. The van der Waals surface area contributed by atoms with Crippen LogP contribution in [0.4, 0.5) is 0 Å². The lowest BCUT2D eigenvalue weighted by atomic mass is 9.96. The lowest BCUT2D eigenvalue weighted by Gasteiger charge is -2.28. The summed E-state index contributed by atoms with van der Waals surface area (Å²) in [6.07, 6.45) is 2.87. The van der Waals surface area contributed by atoms with Crippen molar-refractivity contribution in [3.8, 4) is 0 Å². The molecule has 0 aromatic heterocycles. The number of likely N-dealkylation sites (tertiary alicyclic amines) is 1. The number of nitrogens with two attached hydrogens (primary N) is 1. The summed E-state index contributed by atoms with van der Waals surface area (Å²) in [6, 6.07) is -0.743. The van der Waals surface area contributed by atoms with Gasteiger partial charge in [0, 0.05) is 12.0 Å². The molecule has 2 unspecified atom stereocenters. The van der Waals surface area contributed by atoms with Crippen LogP contribution in [0, 0.1) is 0 Å². The van der Waals surface area contributed by atoms with Gasteiger partial charge in [-0.1, -0.05) is 0 Å². The van der Waals surface area contributed by atoms with Gasteiger partial charge < -0.3 is 10.5 Å². The number of carbonyl (C=O) groups excluding carboxylic acids is 3. The van der Waals surface area contributed by atoms with Crippen LogP contribution < -0.4 is 5.73 Å². The Balaban J connectivity index is 2.86. The third kappa shape index (κ3) is 3.29. The van der Waals surface area contributed by atoms with E-state index in [9.17, 15) is 14.4 Å². The second-order valence-corrected chi connectivity index (χ2v) is 5.97. The topological polar surface area (TPSA) is 80.5 Å². The van der Waals surface area contributed by atoms with Gasteiger partial charge in [-0.25, -0.2) is 0 Å². The number of imide groups is 1. The second kappa shape index (κ2) is 5.18. The Kier molecular flexibility index (Phi) is 4.32. The minimum atomic E-state index is -0.743. The average Bonchev–Trinajstić information content (AvgIpc) is 2.49. The summed E-state index contributed by atoms with van der Waals surface area (Å²) in [5, 5.41) is -0.356. The lowest BCUT2D eigenvalue weighted by Crippen LogP contribution is -2.47. The molecule has 1 aliphatic heterocycles. The maximum atomic E-state index is 11.9. The predicted molar refractivity (Wildman–Crippen MR) is 66.5 cm³/mol. The quantitative estimate of drug-likeness (QED) is 0.561. The van der Waals surface area contributed by atoms with Crippen molar-refractivity contribution in [1.29, 1.82) is 0 Å². The van der Waals surface area contributed by atoms with Crippen LogP contribution in [0.3, 0.4) is 0 Å². The molecule has 96 valence electrons. The van der Waals surface area contributed by atoms with Crippen LogP contribution in [0.15, 0.2) is 0 Å². The highest BCUT2D eigenvalue weighted by Gasteiger charge is 2.42. The Morgan fingerprint density at radius 2 is 2.18 bits per heavy atom. The van der Waals surface area contributed by atoms with E-state index in [1.165, 1.54) is 11.8 Å². The SMILES string of the molecule is CSC1CC(=O)N(C(C=O)CC(C)(C)N)C1=O. The number of nitrogens with zero attached hydrogens (tertiary/aromatic N) is 1. The number of amides is 2. The van der Waals surface area contributed by atoms with E-state index in [0.717, 1.165) is 4.90 Å². The van der Waals surface area contributed by atoms with Crippen molar-refractivity contribution in [2.24, 2.45) is 5.73 Å². The highest BCUT2D eigenvalue weighted by molar-refractivity contribution is 8.00. The number of thioether (sulfide) groups is 1. The molecule has 0 spiro atoms. The van der Waals surface area contributed by atoms with Crippen molar-refractivity contribution in [3.63, 3.8) is 0 Å². The zero-order valence-corrected chi connectivity index (χ0v) is 11.1. The molecule has 2 N–H and O–H groups in total. The standard InChI is InChI=1S/C11H18N2O3S/c1-11(2,12)5-7(6-14)13-9(15)4-8(17-3)10(13)16/h6-8H,4-5,12H2,1-3H3.